The lowest BCUT2D eigenvalue weighted by molar-refractivity contribution is -0.128. The van der Waals surface area contributed by atoms with Crippen molar-refractivity contribution in [2.75, 3.05) is 32.7 Å². The number of benzene rings is 1. The first-order valence-corrected chi connectivity index (χ1v) is 11.8. The van der Waals surface area contributed by atoms with Crippen molar-refractivity contribution in [2.24, 2.45) is 11.3 Å². The van der Waals surface area contributed by atoms with Crippen molar-refractivity contribution in [3.05, 3.63) is 29.8 Å². The Hall–Kier alpha value is -2.08. The number of carbonyl (C=O) groups is 2. The molecule has 6 nitrogen and oxygen atoms in total. The minimum Gasteiger partial charge on any atom is -0.490 e. The van der Waals surface area contributed by atoms with Gasteiger partial charge in [0.15, 0.2) is 0 Å². The van der Waals surface area contributed by atoms with Crippen LogP contribution in [0.15, 0.2) is 24.3 Å². The summed E-state index contributed by atoms with van der Waals surface area (Å²) in [4.78, 5) is 29.3. The van der Waals surface area contributed by atoms with Crippen LogP contribution in [0, 0.1) is 11.3 Å². The lowest BCUT2D eigenvalue weighted by Crippen LogP contribution is -2.42. The molecule has 1 aromatic rings. The number of nitrogens with one attached hydrogen (secondary N) is 1. The Labute approximate surface area is 186 Å². The van der Waals surface area contributed by atoms with Crippen molar-refractivity contribution >= 4 is 11.8 Å². The summed E-state index contributed by atoms with van der Waals surface area (Å²) >= 11 is 0. The average Bonchev–Trinajstić information content (AvgIpc) is 3.49. The highest BCUT2D eigenvalue weighted by Gasteiger charge is 2.39. The number of nitrogens with zero attached hydrogens (tertiary/aromatic N) is 2. The van der Waals surface area contributed by atoms with E-state index in [4.69, 9.17) is 4.74 Å². The number of piperidine rings is 1. The minimum atomic E-state index is -0.0947. The number of rotatable bonds is 7. The molecule has 6 heteroatoms. The van der Waals surface area contributed by atoms with Crippen LogP contribution in [-0.2, 0) is 4.79 Å². The molecule has 3 aliphatic rings. The van der Waals surface area contributed by atoms with Gasteiger partial charge in [0.05, 0.1) is 0 Å². The first-order chi connectivity index (χ1) is 14.8. The molecule has 2 saturated heterocycles. The normalized spacial score (nSPS) is 23.3. The summed E-state index contributed by atoms with van der Waals surface area (Å²) in [6.45, 7) is 11.4. The van der Waals surface area contributed by atoms with Crippen LogP contribution in [0.1, 0.15) is 63.2 Å². The van der Waals surface area contributed by atoms with Gasteiger partial charge >= 0.3 is 0 Å². The highest BCUT2D eigenvalue weighted by molar-refractivity contribution is 5.94. The second-order valence-electron chi connectivity index (χ2n) is 10.7. The minimum absolute atomic E-state index is 0.0947. The molecule has 1 saturated carbocycles. The van der Waals surface area contributed by atoms with E-state index in [-0.39, 0.29) is 23.8 Å². The van der Waals surface area contributed by atoms with Crippen LogP contribution in [0.25, 0.3) is 0 Å². The summed E-state index contributed by atoms with van der Waals surface area (Å²) in [5, 5.41) is 3.02. The Morgan fingerprint density at radius 2 is 1.90 bits per heavy atom. The fourth-order valence-corrected chi connectivity index (χ4v) is 4.78. The van der Waals surface area contributed by atoms with Gasteiger partial charge in [-0.2, -0.15) is 0 Å². The quantitative estimate of drug-likeness (QED) is 0.725. The summed E-state index contributed by atoms with van der Waals surface area (Å²) in [5.74, 6) is 1.13. The van der Waals surface area contributed by atoms with E-state index in [1.54, 1.807) is 0 Å². The fourth-order valence-electron chi connectivity index (χ4n) is 4.78. The lowest BCUT2D eigenvalue weighted by atomic mass is 9.94. The highest BCUT2D eigenvalue weighted by atomic mass is 16.5. The molecule has 1 N–H and O–H groups in total. The van der Waals surface area contributed by atoms with Crippen molar-refractivity contribution in [1.29, 1.82) is 0 Å². The third-order valence-electron chi connectivity index (χ3n) is 6.41. The standard InChI is InChI=1S/C25H37N3O3/c1-25(2,3)17-27-11-9-21(10-12-27)31-22-6-4-5-19(14-22)24(30)26-15-18-13-23(29)28(16-18)20-7-8-20/h4-6,14,18,20-21H,7-13,15-17H2,1-3H3,(H,26,30). The van der Waals surface area contributed by atoms with Gasteiger partial charge in [-0.3, -0.25) is 9.59 Å². The molecule has 0 spiro atoms. The Morgan fingerprint density at radius 1 is 1.16 bits per heavy atom. The monoisotopic (exact) mass is 427 g/mol. The van der Waals surface area contributed by atoms with Crippen LogP contribution in [-0.4, -0.2) is 66.5 Å². The molecule has 1 atom stereocenters. The summed E-state index contributed by atoms with van der Waals surface area (Å²) < 4.78 is 6.21. The molecule has 4 rings (SSSR count). The summed E-state index contributed by atoms with van der Waals surface area (Å²) in [6.07, 6.45) is 5.04. The van der Waals surface area contributed by atoms with E-state index in [1.165, 1.54) is 0 Å². The van der Waals surface area contributed by atoms with E-state index in [0.29, 0.717) is 30.0 Å². The van der Waals surface area contributed by atoms with Gasteiger partial charge in [-0.15, -0.1) is 0 Å². The van der Waals surface area contributed by atoms with Gasteiger partial charge in [0.1, 0.15) is 11.9 Å². The zero-order valence-corrected chi connectivity index (χ0v) is 19.2. The van der Waals surface area contributed by atoms with Gasteiger partial charge in [-0.1, -0.05) is 26.8 Å². The van der Waals surface area contributed by atoms with Gasteiger partial charge in [0.2, 0.25) is 5.91 Å². The molecule has 0 radical (unpaired) electrons. The fraction of sp³-hybridized carbons (Fsp3) is 0.680. The first-order valence-electron chi connectivity index (χ1n) is 11.8. The largest absolute Gasteiger partial charge is 0.490 e. The molecule has 0 aromatic heterocycles. The Balaban J connectivity index is 1.23. The third kappa shape index (κ3) is 6.22. The molecule has 1 aliphatic carbocycles. The maximum absolute atomic E-state index is 12.7. The highest BCUT2D eigenvalue weighted by Crippen LogP contribution is 2.32. The van der Waals surface area contributed by atoms with E-state index in [1.807, 2.05) is 29.2 Å². The predicted octanol–water partition coefficient (Wildman–Crippen LogP) is 3.32. The first kappa shape index (κ1) is 22.1. The van der Waals surface area contributed by atoms with Gasteiger partial charge in [-0.25, -0.2) is 0 Å². The topological polar surface area (TPSA) is 61.9 Å². The molecular formula is C25H37N3O3. The van der Waals surface area contributed by atoms with Gasteiger partial charge in [0, 0.05) is 56.7 Å². The van der Waals surface area contributed by atoms with Crippen LogP contribution in [0.2, 0.25) is 0 Å². The van der Waals surface area contributed by atoms with Crippen LogP contribution >= 0.6 is 0 Å². The van der Waals surface area contributed by atoms with E-state index in [0.717, 1.165) is 57.6 Å². The molecule has 170 valence electrons. The van der Waals surface area contributed by atoms with E-state index >= 15 is 0 Å². The Bertz CT molecular complexity index is 791. The summed E-state index contributed by atoms with van der Waals surface area (Å²) in [5.41, 5.74) is 0.934. The van der Waals surface area contributed by atoms with Crippen LogP contribution in [0.4, 0.5) is 0 Å². The van der Waals surface area contributed by atoms with Gasteiger partial charge in [-0.05, 0) is 49.3 Å². The van der Waals surface area contributed by atoms with Crippen LogP contribution in [0.5, 0.6) is 5.75 Å². The zero-order chi connectivity index (χ0) is 22.0. The SMILES string of the molecule is CC(C)(C)CN1CCC(Oc2cccc(C(=O)NCC3CC(=O)N(C4CC4)C3)c2)CC1. The molecule has 3 fully saturated rings. The summed E-state index contributed by atoms with van der Waals surface area (Å²) in [6, 6.07) is 7.94. The molecule has 1 unspecified atom stereocenters. The van der Waals surface area contributed by atoms with Crippen LogP contribution < -0.4 is 10.1 Å². The van der Waals surface area contributed by atoms with Gasteiger partial charge < -0.3 is 19.9 Å². The molecule has 0 bridgehead atoms. The maximum atomic E-state index is 12.7. The van der Waals surface area contributed by atoms with Crippen molar-refractivity contribution in [2.45, 2.75) is 65.0 Å². The molecule has 31 heavy (non-hydrogen) atoms. The average molecular weight is 428 g/mol. The zero-order valence-electron chi connectivity index (χ0n) is 19.2. The number of ether oxygens (including phenoxy) is 1. The van der Waals surface area contributed by atoms with Crippen molar-refractivity contribution in [1.82, 2.24) is 15.1 Å². The van der Waals surface area contributed by atoms with Gasteiger partial charge in [0.25, 0.3) is 5.91 Å². The molecular weight excluding hydrogens is 390 g/mol. The molecule has 2 aliphatic heterocycles. The Kier molecular flexibility index (Phi) is 6.56. The number of amides is 2. The second kappa shape index (κ2) is 9.19. The number of carbonyl (C=O) groups excluding carboxylic acids is 2. The lowest BCUT2D eigenvalue weighted by Gasteiger charge is -2.36. The maximum Gasteiger partial charge on any atom is 0.251 e. The predicted molar refractivity (Wildman–Crippen MR) is 121 cm³/mol. The molecule has 1 aromatic carbocycles. The number of hydrogen-bond donors (Lipinski definition) is 1. The summed E-state index contributed by atoms with van der Waals surface area (Å²) in [7, 11) is 0. The molecule has 2 amide bonds. The third-order valence-corrected chi connectivity index (χ3v) is 6.41. The number of hydrogen-bond acceptors (Lipinski definition) is 4. The molecule has 2 heterocycles. The second-order valence-corrected chi connectivity index (χ2v) is 10.7. The van der Waals surface area contributed by atoms with Crippen molar-refractivity contribution in [3.63, 3.8) is 0 Å². The smallest absolute Gasteiger partial charge is 0.251 e. The van der Waals surface area contributed by atoms with E-state index in [9.17, 15) is 9.59 Å². The van der Waals surface area contributed by atoms with Crippen LogP contribution in [0.3, 0.4) is 0 Å². The number of likely N-dealkylation sites (tertiary alicyclic amines) is 2. The van der Waals surface area contributed by atoms with E-state index < -0.39 is 0 Å². The van der Waals surface area contributed by atoms with Crippen molar-refractivity contribution in [3.8, 4) is 5.75 Å². The Morgan fingerprint density at radius 3 is 2.58 bits per heavy atom. The van der Waals surface area contributed by atoms with E-state index in [2.05, 4.69) is 31.0 Å². The van der Waals surface area contributed by atoms with Crippen molar-refractivity contribution < 1.29 is 14.3 Å².